The van der Waals surface area contributed by atoms with Gasteiger partial charge in [-0.2, -0.15) is 0 Å². The maximum absolute atomic E-state index is 13.0. The molecule has 29 heavy (non-hydrogen) atoms. The average molecular weight is 406 g/mol. The maximum Gasteiger partial charge on any atom is 0.333 e. The molecule has 0 aliphatic carbocycles. The SMILES string of the molecule is C=C(C)C(=O)OCCN1C(=O)c2cccc3c(C#C[Si](C)(C)C)ccc(c23)C1=O. The van der Waals surface area contributed by atoms with E-state index >= 15 is 0 Å². The second-order valence-electron chi connectivity index (χ2n) is 8.07. The zero-order valence-corrected chi connectivity index (χ0v) is 18.1. The third kappa shape index (κ3) is 4.15. The van der Waals surface area contributed by atoms with Crippen molar-refractivity contribution in [3.63, 3.8) is 0 Å². The van der Waals surface area contributed by atoms with Crippen molar-refractivity contribution in [2.45, 2.75) is 26.6 Å². The van der Waals surface area contributed by atoms with Crippen molar-refractivity contribution in [3.8, 4) is 11.5 Å². The summed E-state index contributed by atoms with van der Waals surface area (Å²) in [7, 11) is -1.57. The van der Waals surface area contributed by atoms with Gasteiger partial charge in [0.25, 0.3) is 11.8 Å². The summed E-state index contributed by atoms with van der Waals surface area (Å²) in [6, 6.07) is 8.96. The van der Waals surface area contributed by atoms with Crippen molar-refractivity contribution in [1.82, 2.24) is 4.90 Å². The van der Waals surface area contributed by atoms with E-state index in [1.807, 2.05) is 12.1 Å². The molecule has 3 rings (SSSR count). The number of rotatable bonds is 4. The van der Waals surface area contributed by atoms with E-state index in [2.05, 4.69) is 37.7 Å². The molecule has 2 aromatic rings. The van der Waals surface area contributed by atoms with Crippen LogP contribution in [0.5, 0.6) is 0 Å². The van der Waals surface area contributed by atoms with Gasteiger partial charge in [0.2, 0.25) is 0 Å². The van der Waals surface area contributed by atoms with Crippen LogP contribution >= 0.6 is 0 Å². The molecule has 1 heterocycles. The topological polar surface area (TPSA) is 63.7 Å². The highest BCUT2D eigenvalue weighted by Crippen LogP contribution is 2.32. The summed E-state index contributed by atoms with van der Waals surface area (Å²) < 4.78 is 5.05. The van der Waals surface area contributed by atoms with Gasteiger partial charge in [0.1, 0.15) is 14.7 Å². The van der Waals surface area contributed by atoms with Gasteiger partial charge in [-0.3, -0.25) is 14.5 Å². The molecule has 0 N–H and O–H groups in total. The monoisotopic (exact) mass is 405 g/mol. The van der Waals surface area contributed by atoms with Crippen LogP contribution in [0.1, 0.15) is 33.2 Å². The molecule has 1 aliphatic rings. The first-order valence-electron chi connectivity index (χ1n) is 9.38. The van der Waals surface area contributed by atoms with Crippen LogP contribution in [-0.2, 0) is 9.53 Å². The quantitative estimate of drug-likeness (QED) is 0.255. The van der Waals surface area contributed by atoms with Crippen LogP contribution in [0.4, 0.5) is 0 Å². The number of ether oxygens (including phenoxy) is 1. The lowest BCUT2D eigenvalue weighted by atomic mass is 9.91. The van der Waals surface area contributed by atoms with Gasteiger partial charge < -0.3 is 4.74 Å². The standard InChI is InChI=1S/C23H23NO4Si/c1-15(2)23(27)28-13-12-24-21(25)18-8-6-7-17-16(11-14-29(3,4)5)9-10-19(20(17)18)22(24)26/h6-10H,1,12-13H2,2-5H3. The Balaban J connectivity index is 1.98. The lowest BCUT2D eigenvalue weighted by Crippen LogP contribution is -2.42. The van der Waals surface area contributed by atoms with E-state index in [0.29, 0.717) is 16.5 Å². The zero-order valence-electron chi connectivity index (χ0n) is 17.1. The summed E-state index contributed by atoms with van der Waals surface area (Å²) in [6.45, 7) is 11.5. The second-order valence-corrected chi connectivity index (χ2v) is 12.8. The highest BCUT2D eigenvalue weighted by Gasteiger charge is 2.33. The Labute approximate surface area is 171 Å². The van der Waals surface area contributed by atoms with Gasteiger partial charge in [0.05, 0.1) is 6.54 Å². The van der Waals surface area contributed by atoms with E-state index in [9.17, 15) is 14.4 Å². The van der Waals surface area contributed by atoms with Crippen molar-refractivity contribution >= 4 is 36.6 Å². The van der Waals surface area contributed by atoms with Crippen LogP contribution in [-0.4, -0.2) is 43.9 Å². The molecule has 0 radical (unpaired) electrons. The van der Waals surface area contributed by atoms with Crippen LogP contribution in [0, 0.1) is 11.5 Å². The minimum absolute atomic E-state index is 0.0102. The summed E-state index contributed by atoms with van der Waals surface area (Å²) in [5.41, 5.74) is 5.34. The van der Waals surface area contributed by atoms with Gasteiger partial charge >= 0.3 is 5.97 Å². The highest BCUT2D eigenvalue weighted by molar-refractivity contribution is 6.83. The summed E-state index contributed by atoms with van der Waals surface area (Å²) in [6.07, 6.45) is 0. The lowest BCUT2D eigenvalue weighted by Gasteiger charge is -2.27. The van der Waals surface area contributed by atoms with Crippen molar-refractivity contribution < 1.29 is 19.1 Å². The number of benzene rings is 2. The smallest absolute Gasteiger partial charge is 0.333 e. The fourth-order valence-electron chi connectivity index (χ4n) is 3.07. The van der Waals surface area contributed by atoms with Crippen molar-refractivity contribution in [1.29, 1.82) is 0 Å². The average Bonchev–Trinajstić information content (AvgIpc) is 2.66. The Hall–Kier alpha value is -3.17. The first-order chi connectivity index (χ1) is 13.6. The molecule has 0 aromatic heterocycles. The molecule has 0 unspecified atom stereocenters. The molecule has 2 amide bonds. The Morgan fingerprint density at radius 1 is 1.10 bits per heavy atom. The highest BCUT2D eigenvalue weighted by atomic mass is 28.3. The second kappa shape index (κ2) is 7.68. The number of hydrogen-bond donors (Lipinski definition) is 0. The third-order valence-electron chi connectivity index (χ3n) is 4.46. The predicted molar refractivity (Wildman–Crippen MR) is 115 cm³/mol. The summed E-state index contributed by atoms with van der Waals surface area (Å²) in [4.78, 5) is 38.6. The first kappa shape index (κ1) is 20.6. The van der Waals surface area contributed by atoms with Crippen molar-refractivity contribution in [2.24, 2.45) is 0 Å². The predicted octanol–water partition coefficient (Wildman–Crippen LogP) is 3.78. The largest absolute Gasteiger partial charge is 0.460 e. The Kier molecular flexibility index (Phi) is 5.45. The Morgan fingerprint density at radius 3 is 2.38 bits per heavy atom. The van der Waals surface area contributed by atoms with Gasteiger partial charge in [-0.1, -0.05) is 44.3 Å². The number of carbonyl (C=O) groups is 3. The first-order valence-corrected chi connectivity index (χ1v) is 12.9. The molecule has 1 aliphatic heterocycles. The maximum atomic E-state index is 13.0. The number of carbonyl (C=O) groups excluding carboxylic acids is 3. The van der Waals surface area contributed by atoms with Gasteiger partial charge in [-0.15, -0.1) is 5.54 Å². The molecule has 0 bridgehead atoms. The molecule has 0 spiro atoms. The molecule has 148 valence electrons. The third-order valence-corrected chi connectivity index (χ3v) is 5.34. The van der Waals surface area contributed by atoms with E-state index in [-0.39, 0.29) is 18.7 Å². The van der Waals surface area contributed by atoms with Crippen molar-refractivity contribution in [2.75, 3.05) is 13.2 Å². The molecule has 0 saturated heterocycles. The molecule has 2 aromatic carbocycles. The summed E-state index contributed by atoms with van der Waals surface area (Å²) >= 11 is 0. The number of esters is 1. The molecular formula is C23H23NO4Si. The van der Waals surface area contributed by atoms with Crippen LogP contribution in [0.25, 0.3) is 10.8 Å². The molecule has 5 nitrogen and oxygen atoms in total. The van der Waals surface area contributed by atoms with E-state index in [0.717, 1.165) is 15.8 Å². The molecule has 0 saturated carbocycles. The van der Waals surface area contributed by atoms with E-state index in [1.165, 1.54) is 0 Å². The molecular weight excluding hydrogens is 382 g/mol. The minimum atomic E-state index is -1.57. The van der Waals surface area contributed by atoms with Gasteiger partial charge in [0.15, 0.2) is 0 Å². The van der Waals surface area contributed by atoms with E-state index < -0.39 is 25.9 Å². The normalized spacial score (nSPS) is 13.2. The van der Waals surface area contributed by atoms with Gasteiger partial charge in [0, 0.05) is 27.6 Å². The number of imide groups is 1. The number of amides is 2. The Bertz CT molecular complexity index is 1090. The number of hydrogen-bond acceptors (Lipinski definition) is 4. The molecule has 0 atom stereocenters. The van der Waals surface area contributed by atoms with Crippen LogP contribution in [0.15, 0.2) is 42.5 Å². The van der Waals surface area contributed by atoms with Crippen LogP contribution < -0.4 is 0 Å². The summed E-state index contributed by atoms with van der Waals surface area (Å²) in [5, 5.41) is 1.45. The van der Waals surface area contributed by atoms with E-state index in [4.69, 9.17) is 4.74 Å². The molecule has 0 fully saturated rings. The van der Waals surface area contributed by atoms with E-state index in [1.54, 1.807) is 25.1 Å². The number of nitrogens with zero attached hydrogens (tertiary/aromatic N) is 1. The van der Waals surface area contributed by atoms with Gasteiger partial charge in [-0.05, 0) is 30.5 Å². The van der Waals surface area contributed by atoms with Gasteiger partial charge in [-0.25, -0.2) is 4.79 Å². The zero-order chi connectivity index (χ0) is 21.3. The molecule has 6 heteroatoms. The fraction of sp³-hybridized carbons (Fsp3) is 0.261. The van der Waals surface area contributed by atoms with Crippen LogP contribution in [0.2, 0.25) is 19.6 Å². The van der Waals surface area contributed by atoms with Crippen LogP contribution in [0.3, 0.4) is 0 Å². The Morgan fingerprint density at radius 2 is 1.76 bits per heavy atom. The minimum Gasteiger partial charge on any atom is -0.460 e. The summed E-state index contributed by atoms with van der Waals surface area (Å²) in [5.74, 6) is 1.90. The fourth-order valence-corrected chi connectivity index (χ4v) is 3.58. The van der Waals surface area contributed by atoms with Crippen molar-refractivity contribution in [3.05, 3.63) is 59.2 Å². The lowest BCUT2D eigenvalue weighted by molar-refractivity contribution is -0.139.